The number of carbonyl (C=O) groups is 8. The molecule has 58 heavy (non-hydrogen) atoms. The third-order valence-corrected chi connectivity index (χ3v) is 10.6. The van der Waals surface area contributed by atoms with Crippen molar-refractivity contribution in [3.8, 4) is 0 Å². The number of nitrogens with zero attached hydrogens (tertiary/aromatic N) is 2. The molecule has 8 N–H and O–H groups in total. The van der Waals surface area contributed by atoms with E-state index in [0.717, 1.165) is 0 Å². The van der Waals surface area contributed by atoms with Crippen LogP contribution in [0.5, 0.6) is 0 Å². The molecule has 1 aromatic rings. The van der Waals surface area contributed by atoms with E-state index < -0.39 is 109 Å². The second-order valence-electron chi connectivity index (χ2n) is 16.3. The van der Waals surface area contributed by atoms with E-state index in [2.05, 4.69) is 31.9 Å². The highest BCUT2D eigenvalue weighted by Gasteiger charge is 2.43. The summed E-state index contributed by atoms with van der Waals surface area (Å²) < 4.78 is 0. The second-order valence-corrected chi connectivity index (χ2v) is 16.3. The van der Waals surface area contributed by atoms with Crippen molar-refractivity contribution in [3.05, 3.63) is 35.9 Å². The molecule has 3 saturated heterocycles. The zero-order valence-electron chi connectivity index (χ0n) is 34.0. The van der Waals surface area contributed by atoms with Gasteiger partial charge in [-0.3, -0.25) is 38.4 Å². The van der Waals surface area contributed by atoms with E-state index in [-0.39, 0.29) is 57.0 Å². The lowest BCUT2D eigenvalue weighted by Crippen LogP contribution is -2.61. The summed E-state index contributed by atoms with van der Waals surface area (Å²) in [6.07, 6.45) is 0.265. The number of rotatable bonds is 8. The Balaban J connectivity index is 1.70. The Morgan fingerprint density at radius 2 is 1.12 bits per heavy atom. The molecule has 0 aromatic heterocycles. The van der Waals surface area contributed by atoms with Gasteiger partial charge < -0.3 is 51.9 Å². The normalized spacial score (nSPS) is 28.1. The molecule has 0 saturated carbocycles. The van der Waals surface area contributed by atoms with Gasteiger partial charge in [0.1, 0.15) is 42.3 Å². The minimum atomic E-state index is -1.53. The van der Waals surface area contributed by atoms with Gasteiger partial charge in [-0.15, -0.1) is 0 Å². The van der Waals surface area contributed by atoms with Crippen molar-refractivity contribution >= 4 is 47.3 Å². The number of aliphatic hydroxyl groups is 2. The maximum atomic E-state index is 14.0. The first kappa shape index (κ1) is 45.6. The minimum Gasteiger partial charge on any atom is -0.394 e. The van der Waals surface area contributed by atoms with Crippen LogP contribution in [0.3, 0.4) is 0 Å². The van der Waals surface area contributed by atoms with E-state index in [4.69, 9.17) is 0 Å². The first-order chi connectivity index (χ1) is 27.5. The van der Waals surface area contributed by atoms with E-state index in [1.54, 1.807) is 30.3 Å². The molecule has 8 atom stereocenters. The van der Waals surface area contributed by atoms with Gasteiger partial charge in [-0.25, -0.2) is 0 Å². The number of carbonyl (C=O) groups excluding carboxylic acids is 8. The Morgan fingerprint density at radius 3 is 1.66 bits per heavy atom. The van der Waals surface area contributed by atoms with Gasteiger partial charge in [0.25, 0.3) is 0 Å². The highest BCUT2D eigenvalue weighted by molar-refractivity contribution is 5.99. The fourth-order valence-electron chi connectivity index (χ4n) is 7.64. The number of hydrogen-bond donors (Lipinski definition) is 8. The molecule has 0 bridgehead atoms. The fraction of sp³-hybridized carbons (Fsp3) is 0.650. The fourth-order valence-corrected chi connectivity index (χ4v) is 7.64. The van der Waals surface area contributed by atoms with E-state index in [1.807, 2.05) is 27.7 Å². The molecule has 18 heteroatoms. The van der Waals surface area contributed by atoms with E-state index in [1.165, 1.54) is 16.7 Å². The van der Waals surface area contributed by atoms with E-state index >= 15 is 0 Å². The predicted octanol–water partition coefficient (Wildman–Crippen LogP) is -1.77. The zero-order valence-corrected chi connectivity index (χ0v) is 34.0. The third-order valence-electron chi connectivity index (χ3n) is 10.6. The van der Waals surface area contributed by atoms with Crippen molar-refractivity contribution in [1.29, 1.82) is 0 Å². The topological polar surface area (TPSA) is 256 Å². The average molecular weight is 813 g/mol. The first-order valence-corrected chi connectivity index (χ1v) is 20.2. The lowest BCUT2D eigenvalue weighted by molar-refractivity contribution is -0.145. The largest absolute Gasteiger partial charge is 0.394 e. The van der Waals surface area contributed by atoms with Gasteiger partial charge in [0.05, 0.1) is 19.3 Å². The summed E-state index contributed by atoms with van der Waals surface area (Å²) >= 11 is 0. The van der Waals surface area contributed by atoms with Crippen molar-refractivity contribution in [1.82, 2.24) is 41.7 Å². The highest BCUT2D eigenvalue weighted by Crippen LogP contribution is 2.23. The van der Waals surface area contributed by atoms with E-state index in [9.17, 15) is 48.6 Å². The third kappa shape index (κ3) is 12.2. The number of hydrogen-bond acceptors (Lipinski definition) is 10. The van der Waals surface area contributed by atoms with Gasteiger partial charge in [-0.05, 0) is 62.8 Å². The van der Waals surface area contributed by atoms with Crippen LogP contribution < -0.4 is 31.9 Å². The molecule has 4 rings (SSSR count). The summed E-state index contributed by atoms with van der Waals surface area (Å²) in [6, 6.07) is 0.295. The Hall–Kier alpha value is -5.10. The summed E-state index contributed by atoms with van der Waals surface area (Å²) in [6.45, 7) is 7.50. The van der Waals surface area contributed by atoms with Crippen LogP contribution in [0.4, 0.5) is 0 Å². The molecule has 1 aromatic carbocycles. The summed E-state index contributed by atoms with van der Waals surface area (Å²) in [5.41, 5.74) is 0.701. The van der Waals surface area contributed by atoms with Crippen molar-refractivity contribution in [2.75, 3.05) is 26.2 Å². The Bertz CT molecular complexity index is 1660. The molecule has 0 spiro atoms. The Morgan fingerprint density at radius 1 is 0.621 bits per heavy atom. The summed E-state index contributed by atoms with van der Waals surface area (Å²) in [5.74, 6) is -5.94. The molecule has 8 amide bonds. The standard InChI is InChI=1S/C40H60N8O10/c1-22(2)17-26-34(52)41-20-32(51)46-33(24(5)50)38(56)44-28(18-23(3)4)39(57)47-15-9-14-31(47)37(55)45-29(21-49)40(58)48-16-10-13-30(48)36(54)43-27(35(53)42-26)19-25-11-7-6-8-12-25/h6-8,11-12,22-24,26-31,33,49-50H,9-10,13-21H2,1-5H3,(H,41,52)(H,42,53)(H,43,54)(H,44,56)(H,45,55)(H,46,51)/t24-,26+,27-,28+,29+,30+,31+,33-/m1/s1. The molecule has 320 valence electrons. The maximum absolute atomic E-state index is 14.0. The van der Waals surface area contributed by atoms with Gasteiger partial charge in [-0.1, -0.05) is 58.0 Å². The monoisotopic (exact) mass is 812 g/mol. The lowest BCUT2D eigenvalue weighted by Gasteiger charge is -2.32. The van der Waals surface area contributed by atoms with Crippen molar-refractivity contribution in [2.45, 2.75) is 128 Å². The van der Waals surface area contributed by atoms with Crippen LogP contribution >= 0.6 is 0 Å². The summed E-state index contributed by atoms with van der Waals surface area (Å²) in [7, 11) is 0. The van der Waals surface area contributed by atoms with E-state index in [0.29, 0.717) is 18.4 Å². The lowest BCUT2D eigenvalue weighted by atomic mass is 10.0. The van der Waals surface area contributed by atoms with Crippen molar-refractivity contribution in [2.24, 2.45) is 11.8 Å². The van der Waals surface area contributed by atoms with Crippen LogP contribution in [0.2, 0.25) is 0 Å². The number of amides is 8. The molecule has 3 heterocycles. The van der Waals surface area contributed by atoms with Crippen LogP contribution in [0.25, 0.3) is 0 Å². The predicted molar refractivity (Wildman–Crippen MR) is 210 cm³/mol. The number of aliphatic hydroxyl groups excluding tert-OH is 2. The van der Waals surface area contributed by atoms with Gasteiger partial charge in [-0.2, -0.15) is 0 Å². The minimum absolute atomic E-state index is 0.0320. The van der Waals surface area contributed by atoms with Crippen LogP contribution in [0, 0.1) is 11.8 Å². The molecule has 18 nitrogen and oxygen atoms in total. The molecule has 0 aliphatic carbocycles. The molecule has 3 fully saturated rings. The van der Waals surface area contributed by atoms with Gasteiger partial charge in [0.2, 0.25) is 47.3 Å². The average Bonchev–Trinajstić information content (AvgIpc) is 3.87. The molecular formula is C40H60N8O10. The number of fused-ring (bicyclic) bond motifs is 2. The van der Waals surface area contributed by atoms with Gasteiger partial charge in [0.15, 0.2) is 0 Å². The van der Waals surface area contributed by atoms with Gasteiger partial charge in [0, 0.05) is 19.5 Å². The Labute approximate surface area is 339 Å². The first-order valence-electron chi connectivity index (χ1n) is 20.2. The van der Waals surface area contributed by atoms with Crippen LogP contribution in [-0.4, -0.2) is 142 Å². The molecular weight excluding hydrogens is 752 g/mol. The zero-order chi connectivity index (χ0) is 42.7. The van der Waals surface area contributed by atoms with Crippen molar-refractivity contribution < 1.29 is 48.6 Å². The maximum Gasteiger partial charge on any atom is 0.248 e. The second kappa shape index (κ2) is 21.1. The SMILES string of the molecule is CC(C)C[C@@H]1NC(=O)[C@@H](Cc2ccccc2)NC(=O)[C@@H]2CCCN2C(=O)[C@H](CO)NC(=O)[C@@H]2CCCN2C(=O)[C@H](CC(C)C)NC(=O)[C@@H]([C@@H](C)O)NC(=O)CNC1=O. The number of nitrogens with one attached hydrogen (secondary N) is 6. The van der Waals surface area contributed by atoms with Crippen LogP contribution in [0.1, 0.15) is 78.7 Å². The smallest absolute Gasteiger partial charge is 0.248 e. The molecule has 0 unspecified atom stereocenters. The number of benzene rings is 1. The van der Waals surface area contributed by atoms with Crippen molar-refractivity contribution in [3.63, 3.8) is 0 Å². The summed E-state index contributed by atoms with van der Waals surface area (Å²) in [4.78, 5) is 113. The summed E-state index contributed by atoms with van der Waals surface area (Å²) in [5, 5.41) is 36.5. The van der Waals surface area contributed by atoms with Crippen LogP contribution in [0.15, 0.2) is 30.3 Å². The molecule has 3 aliphatic rings. The Kier molecular flexibility index (Phi) is 16.6. The quantitative estimate of drug-likeness (QED) is 0.147. The molecule has 0 radical (unpaired) electrons. The van der Waals surface area contributed by atoms with Gasteiger partial charge >= 0.3 is 0 Å². The highest BCUT2D eigenvalue weighted by atomic mass is 16.3. The van der Waals surface area contributed by atoms with Crippen LogP contribution in [-0.2, 0) is 44.8 Å². The molecule has 3 aliphatic heterocycles.